The maximum absolute atomic E-state index is 5.94. The van der Waals surface area contributed by atoms with Gasteiger partial charge in [-0.05, 0) is 60.4 Å². The number of hydrogen-bond acceptors (Lipinski definition) is 2. The van der Waals surface area contributed by atoms with Gasteiger partial charge >= 0.3 is 0 Å². The lowest BCUT2D eigenvalue weighted by molar-refractivity contribution is 0.305. The van der Waals surface area contributed by atoms with Crippen LogP contribution in [0.25, 0.3) is 6.08 Å². The van der Waals surface area contributed by atoms with E-state index in [-0.39, 0.29) is 0 Å². The highest BCUT2D eigenvalue weighted by Gasteiger charge is 2.13. The van der Waals surface area contributed by atoms with Crippen LogP contribution in [-0.4, -0.2) is 18.9 Å². The van der Waals surface area contributed by atoms with Gasteiger partial charge in [-0.1, -0.05) is 56.0 Å². The van der Waals surface area contributed by atoms with Gasteiger partial charge in [-0.25, -0.2) is 0 Å². The largest absolute Gasteiger partial charge is 0.494 e. The van der Waals surface area contributed by atoms with Crippen molar-refractivity contribution < 1.29 is 4.74 Å². The molecule has 1 aliphatic heterocycles. The molecule has 3 rings (SSSR count). The Morgan fingerprint density at radius 1 is 1.04 bits per heavy atom. The Morgan fingerprint density at radius 2 is 1.88 bits per heavy atom. The number of ether oxygens (including phenoxy) is 1. The molecule has 0 saturated heterocycles. The van der Waals surface area contributed by atoms with Gasteiger partial charge in [0.05, 0.1) is 12.3 Å². The van der Waals surface area contributed by atoms with Crippen molar-refractivity contribution in [3.8, 4) is 5.75 Å². The number of aliphatic imine (C=N–C) groups is 1. The van der Waals surface area contributed by atoms with Crippen molar-refractivity contribution in [2.24, 2.45) is 4.99 Å². The number of fused-ring (bicyclic) bond motifs is 1. The van der Waals surface area contributed by atoms with Gasteiger partial charge in [0, 0.05) is 17.1 Å². The molecule has 0 aliphatic carbocycles. The van der Waals surface area contributed by atoms with E-state index in [9.17, 15) is 0 Å². The maximum Gasteiger partial charge on any atom is 0.119 e. The molecular formula is C23H26ClNO. The second-order valence-corrected chi connectivity index (χ2v) is 7.07. The van der Waals surface area contributed by atoms with Gasteiger partial charge in [-0.2, -0.15) is 0 Å². The average Bonchev–Trinajstić information content (AvgIpc) is 2.67. The molecule has 0 atom stereocenters. The normalized spacial score (nSPS) is 13.5. The van der Waals surface area contributed by atoms with E-state index in [4.69, 9.17) is 21.3 Å². The van der Waals surface area contributed by atoms with E-state index in [1.54, 1.807) is 0 Å². The van der Waals surface area contributed by atoms with E-state index in [2.05, 4.69) is 37.3 Å². The highest BCUT2D eigenvalue weighted by Crippen LogP contribution is 2.23. The third-order valence-electron chi connectivity index (χ3n) is 4.59. The Morgan fingerprint density at radius 3 is 2.69 bits per heavy atom. The van der Waals surface area contributed by atoms with Crippen molar-refractivity contribution in [3.63, 3.8) is 0 Å². The molecule has 1 aliphatic rings. The van der Waals surface area contributed by atoms with Gasteiger partial charge in [0.1, 0.15) is 5.75 Å². The molecule has 0 radical (unpaired) electrons. The monoisotopic (exact) mass is 367 g/mol. The smallest absolute Gasteiger partial charge is 0.119 e. The van der Waals surface area contributed by atoms with Crippen LogP contribution in [0.4, 0.5) is 0 Å². The molecule has 3 heteroatoms. The first-order valence-electron chi connectivity index (χ1n) is 9.50. The van der Waals surface area contributed by atoms with Crippen molar-refractivity contribution in [2.45, 2.75) is 39.0 Å². The number of hydrogen-bond donors (Lipinski definition) is 0. The highest BCUT2D eigenvalue weighted by molar-refractivity contribution is 6.30. The fourth-order valence-electron chi connectivity index (χ4n) is 3.11. The molecule has 1 heterocycles. The van der Waals surface area contributed by atoms with Crippen LogP contribution >= 0.6 is 11.6 Å². The first kappa shape index (κ1) is 18.7. The van der Waals surface area contributed by atoms with Crippen LogP contribution in [0.1, 0.15) is 49.3 Å². The molecule has 2 aromatic rings. The summed E-state index contributed by atoms with van der Waals surface area (Å²) >= 11 is 5.94. The zero-order chi connectivity index (χ0) is 18.2. The molecule has 2 aromatic carbocycles. The molecule has 0 saturated carbocycles. The van der Waals surface area contributed by atoms with Crippen molar-refractivity contribution in [1.29, 1.82) is 0 Å². The van der Waals surface area contributed by atoms with E-state index >= 15 is 0 Å². The van der Waals surface area contributed by atoms with Crippen LogP contribution in [-0.2, 0) is 6.42 Å². The maximum atomic E-state index is 5.94. The van der Waals surface area contributed by atoms with Gasteiger partial charge in [0.25, 0.3) is 0 Å². The number of unbranched alkanes of at least 4 members (excludes halogenated alkanes) is 3. The minimum atomic E-state index is 0.754. The minimum Gasteiger partial charge on any atom is -0.494 e. The van der Waals surface area contributed by atoms with E-state index in [0.717, 1.165) is 48.0 Å². The second kappa shape index (κ2) is 9.59. The van der Waals surface area contributed by atoms with Crippen LogP contribution in [0.3, 0.4) is 0 Å². The van der Waals surface area contributed by atoms with E-state index in [1.807, 2.05) is 24.3 Å². The van der Waals surface area contributed by atoms with E-state index in [0.29, 0.717) is 0 Å². The molecule has 0 spiro atoms. The molecule has 0 bridgehead atoms. The predicted molar refractivity (Wildman–Crippen MR) is 112 cm³/mol. The molecule has 0 aromatic heterocycles. The summed E-state index contributed by atoms with van der Waals surface area (Å²) in [5.41, 5.74) is 4.69. The second-order valence-electron chi connectivity index (χ2n) is 6.63. The molecule has 2 nitrogen and oxygen atoms in total. The zero-order valence-corrected chi connectivity index (χ0v) is 16.1. The fraction of sp³-hybridized carbons (Fsp3) is 0.348. The Labute approximate surface area is 161 Å². The van der Waals surface area contributed by atoms with Gasteiger partial charge < -0.3 is 4.74 Å². The summed E-state index contributed by atoms with van der Waals surface area (Å²) in [6.07, 6.45) is 10.1. The molecule has 26 heavy (non-hydrogen) atoms. The van der Waals surface area contributed by atoms with Crippen molar-refractivity contribution in [2.75, 3.05) is 13.2 Å². The van der Waals surface area contributed by atoms with Gasteiger partial charge in [0.2, 0.25) is 0 Å². The SMILES string of the molecule is CCCCCCOc1ccc2c(c1)CCN=C2/C=C/c1ccc(Cl)cc1. The Hall–Kier alpha value is -2.06. The fourth-order valence-corrected chi connectivity index (χ4v) is 3.23. The number of rotatable bonds is 8. The van der Waals surface area contributed by atoms with Crippen LogP contribution in [0.15, 0.2) is 53.5 Å². The van der Waals surface area contributed by atoms with E-state index < -0.39 is 0 Å². The lowest BCUT2D eigenvalue weighted by atomic mass is 9.96. The van der Waals surface area contributed by atoms with Crippen molar-refractivity contribution in [3.05, 3.63) is 70.3 Å². The molecular weight excluding hydrogens is 342 g/mol. The average molecular weight is 368 g/mol. The lowest BCUT2D eigenvalue weighted by Gasteiger charge is -2.16. The van der Waals surface area contributed by atoms with Crippen LogP contribution < -0.4 is 4.74 Å². The lowest BCUT2D eigenvalue weighted by Crippen LogP contribution is -2.11. The summed E-state index contributed by atoms with van der Waals surface area (Å²) in [7, 11) is 0. The summed E-state index contributed by atoms with van der Waals surface area (Å²) in [6.45, 7) is 3.86. The molecule has 0 N–H and O–H groups in total. The summed E-state index contributed by atoms with van der Waals surface area (Å²) in [6, 6.07) is 14.2. The molecule has 0 unspecified atom stereocenters. The van der Waals surface area contributed by atoms with Crippen LogP contribution in [0.5, 0.6) is 5.75 Å². The van der Waals surface area contributed by atoms with Gasteiger partial charge in [-0.15, -0.1) is 0 Å². The quantitative estimate of drug-likeness (QED) is 0.497. The van der Waals surface area contributed by atoms with Gasteiger partial charge in [-0.3, -0.25) is 4.99 Å². The first-order valence-corrected chi connectivity index (χ1v) is 9.88. The topological polar surface area (TPSA) is 21.6 Å². The summed E-state index contributed by atoms with van der Waals surface area (Å²) < 4.78 is 5.92. The standard InChI is InChI=1S/C23H26ClNO/c1-2-3-4-5-16-26-21-11-12-22-19(17-21)14-15-25-23(22)13-8-18-6-9-20(24)10-7-18/h6-13,17H,2-5,14-16H2,1H3/b13-8+. The van der Waals surface area contributed by atoms with Crippen LogP contribution in [0.2, 0.25) is 5.02 Å². The van der Waals surface area contributed by atoms with Crippen molar-refractivity contribution >= 4 is 23.4 Å². The number of allylic oxidation sites excluding steroid dienone is 1. The summed E-state index contributed by atoms with van der Waals surface area (Å²) in [5.74, 6) is 0.975. The number of nitrogens with zero attached hydrogens (tertiary/aromatic N) is 1. The van der Waals surface area contributed by atoms with Crippen molar-refractivity contribution in [1.82, 2.24) is 0 Å². The molecule has 136 valence electrons. The predicted octanol–water partition coefficient (Wildman–Crippen LogP) is 6.36. The Bertz CT molecular complexity index is 777. The Kier molecular flexibility index (Phi) is 6.90. The number of benzene rings is 2. The summed E-state index contributed by atoms with van der Waals surface area (Å²) in [5, 5.41) is 0.754. The first-order chi connectivity index (χ1) is 12.8. The third-order valence-corrected chi connectivity index (χ3v) is 4.84. The van der Waals surface area contributed by atoms with E-state index in [1.165, 1.54) is 30.4 Å². The van der Waals surface area contributed by atoms with Crippen LogP contribution in [0, 0.1) is 0 Å². The Balaban J connectivity index is 1.65. The zero-order valence-electron chi connectivity index (χ0n) is 15.4. The van der Waals surface area contributed by atoms with Gasteiger partial charge in [0.15, 0.2) is 0 Å². The summed E-state index contributed by atoms with van der Waals surface area (Å²) in [4.78, 5) is 4.69. The molecule has 0 fully saturated rings. The highest BCUT2D eigenvalue weighted by atomic mass is 35.5. The third kappa shape index (κ3) is 5.22. The number of halogens is 1. The minimum absolute atomic E-state index is 0.754. The molecule has 0 amide bonds.